The number of carbonyl (C=O) groups is 2. The lowest BCUT2D eigenvalue weighted by Crippen LogP contribution is -2.33. The molecule has 0 radical (unpaired) electrons. The SMILES string of the molecule is Cn1ncc(C(=O)O)c1C(=O)NCC1CCN(c2ccccc2F)C1. The lowest BCUT2D eigenvalue weighted by molar-refractivity contribution is 0.0690. The van der Waals surface area contributed by atoms with E-state index in [-0.39, 0.29) is 23.0 Å². The second-order valence-corrected chi connectivity index (χ2v) is 6.10. The van der Waals surface area contributed by atoms with Gasteiger partial charge in [-0.3, -0.25) is 9.48 Å². The largest absolute Gasteiger partial charge is 0.478 e. The molecular weight excluding hydrogens is 327 g/mol. The highest BCUT2D eigenvalue weighted by molar-refractivity contribution is 6.03. The molecule has 132 valence electrons. The fourth-order valence-electron chi connectivity index (χ4n) is 3.11. The first-order valence-corrected chi connectivity index (χ1v) is 8.00. The summed E-state index contributed by atoms with van der Waals surface area (Å²) >= 11 is 0. The fourth-order valence-corrected chi connectivity index (χ4v) is 3.11. The number of carboxylic acids is 1. The average Bonchev–Trinajstić information content (AvgIpc) is 3.20. The minimum Gasteiger partial charge on any atom is -0.478 e. The van der Waals surface area contributed by atoms with Gasteiger partial charge >= 0.3 is 5.97 Å². The number of anilines is 1. The summed E-state index contributed by atoms with van der Waals surface area (Å²) < 4.78 is 15.1. The highest BCUT2D eigenvalue weighted by Gasteiger charge is 2.26. The first-order chi connectivity index (χ1) is 12.0. The van der Waals surface area contributed by atoms with Crippen molar-refractivity contribution < 1.29 is 19.1 Å². The predicted octanol–water partition coefficient (Wildman–Crippen LogP) is 1.51. The maximum atomic E-state index is 13.9. The molecule has 2 N–H and O–H groups in total. The van der Waals surface area contributed by atoms with E-state index in [1.807, 2.05) is 4.90 Å². The molecule has 1 fully saturated rings. The molecule has 1 aromatic heterocycles. The lowest BCUT2D eigenvalue weighted by Gasteiger charge is -2.19. The topological polar surface area (TPSA) is 87.5 Å². The number of amides is 1. The van der Waals surface area contributed by atoms with Crippen LogP contribution in [-0.4, -0.2) is 46.4 Å². The number of aryl methyl sites for hydroxylation is 1. The number of hydrogen-bond acceptors (Lipinski definition) is 4. The maximum Gasteiger partial charge on any atom is 0.339 e. The Bertz CT molecular complexity index is 805. The summed E-state index contributed by atoms with van der Waals surface area (Å²) in [6, 6.07) is 6.62. The Balaban J connectivity index is 1.60. The monoisotopic (exact) mass is 346 g/mol. The van der Waals surface area contributed by atoms with E-state index < -0.39 is 11.9 Å². The van der Waals surface area contributed by atoms with Crippen LogP contribution in [-0.2, 0) is 7.05 Å². The van der Waals surface area contributed by atoms with Crippen LogP contribution >= 0.6 is 0 Å². The van der Waals surface area contributed by atoms with Crippen LogP contribution in [0.15, 0.2) is 30.5 Å². The van der Waals surface area contributed by atoms with Crippen LogP contribution in [0.3, 0.4) is 0 Å². The van der Waals surface area contributed by atoms with E-state index in [9.17, 15) is 14.0 Å². The van der Waals surface area contributed by atoms with Crippen molar-refractivity contribution in [2.24, 2.45) is 13.0 Å². The number of hydrogen-bond donors (Lipinski definition) is 2. The van der Waals surface area contributed by atoms with Gasteiger partial charge in [0.25, 0.3) is 5.91 Å². The Morgan fingerprint density at radius 3 is 2.88 bits per heavy atom. The van der Waals surface area contributed by atoms with Crippen LogP contribution in [0.2, 0.25) is 0 Å². The number of aromatic carboxylic acids is 1. The summed E-state index contributed by atoms with van der Waals surface area (Å²) in [5.41, 5.74) is 0.465. The smallest absolute Gasteiger partial charge is 0.339 e. The van der Waals surface area contributed by atoms with Crippen LogP contribution in [0, 0.1) is 11.7 Å². The van der Waals surface area contributed by atoms with Gasteiger partial charge in [-0.2, -0.15) is 5.10 Å². The molecule has 1 aliphatic rings. The Labute approximate surface area is 144 Å². The van der Waals surface area contributed by atoms with Gasteiger partial charge in [-0.25, -0.2) is 9.18 Å². The summed E-state index contributed by atoms with van der Waals surface area (Å²) in [5.74, 6) is -1.75. The number of benzene rings is 1. The van der Waals surface area contributed by atoms with E-state index in [1.165, 1.54) is 17.8 Å². The van der Waals surface area contributed by atoms with Gasteiger partial charge in [-0.1, -0.05) is 12.1 Å². The number of halogens is 1. The third-order valence-electron chi connectivity index (χ3n) is 4.41. The average molecular weight is 346 g/mol. The maximum absolute atomic E-state index is 13.9. The molecule has 1 atom stereocenters. The minimum absolute atomic E-state index is 0.0245. The zero-order valence-corrected chi connectivity index (χ0v) is 13.8. The first-order valence-electron chi connectivity index (χ1n) is 8.00. The third-order valence-corrected chi connectivity index (χ3v) is 4.41. The van der Waals surface area contributed by atoms with Gasteiger partial charge in [0.15, 0.2) is 0 Å². The predicted molar refractivity (Wildman–Crippen MR) is 89.2 cm³/mol. The second kappa shape index (κ2) is 6.92. The molecule has 0 aliphatic carbocycles. The molecule has 2 heterocycles. The molecule has 7 nitrogen and oxygen atoms in total. The molecule has 0 spiro atoms. The van der Waals surface area contributed by atoms with Crippen molar-refractivity contribution >= 4 is 17.6 Å². The first kappa shape index (κ1) is 16.9. The van der Waals surface area contributed by atoms with E-state index in [4.69, 9.17) is 5.11 Å². The zero-order chi connectivity index (χ0) is 18.0. The molecule has 0 bridgehead atoms. The van der Waals surface area contributed by atoms with Crippen LogP contribution in [0.25, 0.3) is 0 Å². The molecule has 1 saturated heterocycles. The van der Waals surface area contributed by atoms with Gasteiger partial charge in [0.2, 0.25) is 0 Å². The van der Waals surface area contributed by atoms with Gasteiger partial charge in [-0.05, 0) is 24.5 Å². The van der Waals surface area contributed by atoms with Gasteiger partial charge in [0.1, 0.15) is 17.1 Å². The molecule has 2 aromatic rings. The molecule has 1 unspecified atom stereocenters. The summed E-state index contributed by atoms with van der Waals surface area (Å²) in [6.07, 6.45) is 1.98. The number of nitrogens with one attached hydrogen (secondary N) is 1. The Morgan fingerprint density at radius 2 is 2.16 bits per heavy atom. The van der Waals surface area contributed by atoms with Crippen molar-refractivity contribution in [1.29, 1.82) is 0 Å². The normalized spacial score (nSPS) is 16.9. The van der Waals surface area contributed by atoms with E-state index in [0.29, 0.717) is 25.3 Å². The van der Waals surface area contributed by atoms with Crippen molar-refractivity contribution in [2.45, 2.75) is 6.42 Å². The number of carbonyl (C=O) groups excluding carboxylic acids is 1. The standard InChI is InChI=1S/C17H19FN4O3/c1-21-15(12(9-20-21)17(24)25)16(23)19-8-11-6-7-22(10-11)14-5-3-2-4-13(14)18/h2-5,9,11H,6-8,10H2,1H3,(H,19,23)(H,24,25). The summed E-state index contributed by atoms with van der Waals surface area (Å²) in [4.78, 5) is 25.4. The summed E-state index contributed by atoms with van der Waals surface area (Å²) in [6.45, 7) is 1.75. The molecule has 1 amide bonds. The number of para-hydroxylation sites is 1. The van der Waals surface area contributed by atoms with Crippen molar-refractivity contribution in [3.8, 4) is 0 Å². The zero-order valence-electron chi connectivity index (χ0n) is 13.8. The molecule has 1 aromatic carbocycles. The quantitative estimate of drug-likeness (QED) is 0.857. The van der Waals surface area contributed by atoms with E-state index >= 15 is 0 Å². The number of carboxylic acid groups (broad SMARTS) is 1. The fraction of sp³-hybridized carbons (Fsp3) is 0.353. The molecule has 8 heteroatoms. The Morgan fingerprint density at radius 1 is 1.40 bits per heavy atom. The van der Waals surface area contributed by atoms with Crippen molar-refractivity contribution in [1.82, 2.24) is 15.1 Å². The van der Waals surface area contributed by atoms with Crippen LogP contribution in [0.5, 0.6) is 0 Å². The van der Waals surface area contributed by atoms with E-state index in [2.05, 4.69) is 10.4 Å². The molecule has 0 saturated carbocycles. The van der Waals surface area contributed by atoms with E-state index in [1.54, 1.807) is 18.2 Å². The summed E-state index contributed by atoms with van der Waals surface area (Å²) in [7, 11) is 1.52. The van der Waals surface area contributed by atoms with Crippen molar-refractivity contribution in [3.05, 3.63) is 47.5 Å². The minimum atomic E-state index is -1.19. The highest BCUT2D eigenvalue weighted by atomic mass is 19.1. The Hall–Kier alpha value is -2.90. The van der Waals surface area contributed by atoms with Crippen LogP contribution in [0.4, 0.5) is 10.1 Å². The van der Waals surface area contributed by atoms with Gasteiger partial charge in [0.05, 0.1) is 11.9 Å². The third kappa shape index (κ3) is 3.47. The molecular formula is C17H19FN4O3. The van der Waals surface area contributed by atoms with Crippen molar-refractivity contribution in [3.63, 3.8) is 0 Å². The van der Waals surface area contributed by atoms with Crippen LogP contribution < -0.4 is 10.2 Å². The highest BCUT2D eigenvalue weighted by Crippen LogP contribution is 2.25. The summed E-state index contributed by atoms with van der Waals surface area (Å²) in [5, 5.41) is 15.7. The number of nitrogens with zero attached hydrogens (tertiary/aromatic N) is 3. The molecule has 1 aliphatic heterocycles. The van der Waals surface area contributed by atoms with Gasteiger partial charge in [0, 0.05) is 26.7 Å². The van der Waals surface area contributed by atoms with Gasteiger partial charge in [-0.15, -0.1) is 0 Å². The van der Waals surface area contributed by atoms with Crippen LogP contribution in [0.1, 0.15) is 27.3 Å². The number of rotatable bonds is 5. The van der Waals surface area contributed by atoms with Crippen molar-refractivity contribution in [2.75, 3.05) is 24.5 Å². The molecule has 25 heavy (non-hydrogen) atoms. The lowest BCUT2D eigenvalue weighted by atomic mass is 10.1. The van der Waals surface area contributed by atoms with E-state index in [0.717, 1.165) is 12.6 Å². The number of aromatic nitrogens is 2. The van der Waals surface area contributed by atoms with Gasteiger partial charge < -0.3 is 15.3 Å². The molecule has 3 rings (SSSR count). The Kier molecular flexibility index (Phi) is 4.69. The second-order valence-electron chi connectivity index (χ2n) is 6.10.